The third kappa shape index (κ3) is 5.15. The van der Waals surface area contributed by atoms with Crippen LogP contribution in [0.5, 0.6) is 0 Å². The molecule has 27 heavy (non-hydrogen) atoms. The standard InChI is InChI=1S/C21H19N3O3/c1-16(25)23-20(14-17-6-3-2-4-7-17)21(26)27-15-18-8-10-19(11-9-18)24-13-5-12-22-24/h2-14H,15H2,1H3,(H,23,25). The summed E-state index contributed by atoms with van der Waals surface area (Å²) < 4.78 is 7.09. The topological polar surface area (TPSA) is 73.2 Å². The van der Waals surface area contributed by atoms with Crippen molar-refractivity contribution < 1.29 is 14.3 Å². The highest BCUT2D eigenvalue weighted by atomic mass is 16.5. The van der Waals surface area contributed by atoms with E-state index in [0.717, 1.165) is 16.8 Å². The molecule has 0 aliphatic carbocycles. The summed E-state index contributed by atoms with van der Waals surface area (Å²) in [7, 11) is 0. The third-order valence-electron chi connectivity index (χ3n) is 3.72. The first-order valence-electron chi connectivity index (χ1n) is 8.42. The van der Waals surface area contributed by atoms with Crippen molar-refractivity contribution >= 4 is 18.0 Å². The second-order valence-electron chi connectivity index (χ2n) is 5.84. The lowest BCUT2D eigenvalue weighted by Gasteiger charge is -2.10. The summed E-state index contributed by atoms with van der Waals surface area (Å²) in [5, 5.41) is 6.69. The Labute approximate surface area is 157 Å². The van der Waals surface area contributed by atoms with Gasteiger partial charge in [-0.25, -0.2) is 9.48 Å². The van der Waals surface area contributed by atoms with E-state index in [1.807, 2.05) is 66.9 Å². The van der Waals surface area contributed by atoms with Crippen LogP contribution >= 0.6 is 0 Å². The molecule has 0 saturated carbocycles. The largest absolute Gasteiger partial charge is 0.456 e. The summed E-state index contributed by atoms with van der Waals surface area (Å²) >= 11 is 0. The first-order chi connectivity index (χ1) is 13.1. The maximum Gasteiger partial charge on any atom is 0.355 e. The summed E-state index contributed by atoms with van der Waals surface area (Å²) in [6.45, 7) is 1.45. The SMILES string of the molecule is CC(=O)NC(=Cc1ccccc1)C(=O)OCc1ccc(-n2cccn2)cc1. The molecule has 0 saturated heterocycles. The van der Waals surface area contributed by atoms with Gasteiger partial charge < -0.3 is 10.1 Å². The van der Waals surface area contributed by atoms with Gasteiger partial charge in [-0.05, 0) is 35.4 Å². The summed E-state index contributed by atoms with van der Waals surface area (Å²) in [6.07, 6.45) is 5.14. The van der Waals surface area contributed by atoms with Gasteiger partial charge in [-0.15, -0.1) is 0 Å². The van der Waals surface area contributed by atoms with Gasteiger partial charge in [-0.2, -0.15) is 5.10 Å². The smallest absolute Gasteiger partial charge is 0.355 e. The van der Waals surface area contributed by atoms with Gasteiger partial charge in [0.15, 0.2) is 0 Å². The van der Waals surface area contributed by atoms with Gasteiger partial charge in [0.2, 0.25) is 5.91 Å². The van der Waals surface area contributed by atoms with Crippen LogP contribution in [0.4, 0.5) is 0 Å². The van der Waals surface area contributed by atoms with Gasteiger partial charge in [-0.1, -0.05) is 42.5 Å². The van der Waals surface area contributed by atoms with E-state index >= 15 is 0 Å². The van der Waals surface area contributed by atoms with Crippen molar-refractivity contribution in [2.75, 3.05) is 0 Å². The van der Waals surface area contributed by atoms with Crippen LogP contribution in [0.15, 0.2) is 78.8 Å². The van der Waals surface area contributed by atoms with Gasteiger partial charge in [0.1, 0.15) is 12.3 Å². The second-order valence-corrected chi connectivity index (χ2v) is 5.84. The van der Waals surface area contributed by atoms with E-state index < -0.39 is 5.97 Å². The molecule has 0 unspecified atom stereocenters. The van der Waals surface area contributed by atoms with Crippen LogP contribution in [0.2, 0.25) is 0 Å². The first kappa shape index (κ1) is 18.1. The number of amides is 1. The molecule has 6 nitrogen and oxygen atoms in total. The normalized spacial score (nSPS) is 11.1. The van der Waals surface area contributed by atoms with Crippen molar-refractivity contribution in [3.63, 3.8) is 0 Å². The zero-order valence-corrected chi connectivity index (χ0v) is 14.8. The lowest BCUT2D eigenvalue weighted by Crippen LogP contribution is -2.26. The minimum atomic E-state index is -0.592. The van der Waals surface area contributed by atoms with E-state index in [1.54, 1.807) is 17.0 Å². The van der Waals surface area contributed by atoms with Crippen LogP contribution in [-0.2, 0) is 20.9 Å². The predicted octanol–water partition coefficient (Wildman–Crippen LogP) is 3.09. The number of carbonyl (C=O) groups excluding carboxylic acids is 2. The lowest BCUT2D eigenvalue weighted by atomic mass is 10.2. The summed E-state index contributed by atoms with van der Waals surface area (Å²) in [5.74, 6) is -0.928. The number of nitrogens with one attached hydrogen (secondary N) is 1. The Morgan fingerprint density at radius 3 is 2.44 bits per heavy atom. The van der Waals surface area contributed by atoms with Crippen molar-refractivity contribution in [3.05, 3.63) is 89.9 Å². The molecule has 1 aromatic heterocycles. The fourth-order valence-electron chi connectivity index (χ4n) is 2.44. The van der Waals surface area contributed by atoms with Crippen LogP contribution in [0, 0.1) is 0 Å². The molecule has 0 radical (unpaired) electrons. The van der Waals surface area contributed by atoms with Crippen molar-refractivity contribution in [1.29, 1.82) is 0 Å². The zero-order valence-electron chi connectivity index (χ0n) is 14.8. The Bertz CT molecular complexity index is 931. The minimum Gasteiger partial charge on any atom is -0.456 e. The monoisotopic (exact) mass is 361 g/mol. The summed E-state index contributed by atoms with van der Waals surface area (Å²) in [6, 6.07) is 18.6. The molecule has 3 rings (SSSR count). The predicted molar refractivity (Wildman–Crippen MR) is 102 cm³/mol. The molecule has 0 aliphatic rings. The molecular weight excluding hydrogens is 342 g/mol. The number of rotatable bonds is 6. The number of hydrogen-bond acceptors (Lipinski definition) is 4. The number of carbonyl (C=O) groups is 2. The van der Waals surface area contributed by atoms with E-state index in [0.29, 0.717) is 0 Å². The van der Waals surface area contributed by atoms with Gasteiger partial charge in [0.05, 0.1) is 5.69 Å². The molecule has 0 fully saturated rings. The van der Waals surface area contributed by atoms with E-state index in [9.17, 15) is 9.59 Å². The molecule has 2 aromatic carbocycles. The van der Waals surface area contributed by atoms with Gasteiger partial charge in [-0.3, -0.25) is 4.79 Å². The number of esters is 1. The van der Waals surface area contributed by atoms with Crippen molar-refractivity contribution in [1.82, 2.24) is 15.1 Å². The van der Waals surface area contributed by atoms with Crippen LogP contribution < -0.4 is 5.32 Å². The van der Waals surface area contributed by atoms with Crippen molar-refractivity contribution in [2.45, 2.75) is 13.5 Å². The van der Waals surface area contributed by atoms with E-state index in [1.165, 1.54) is 6.92 Å². The highest BCUT2D eigenvalue weighted by Crippen LogP contribution is 2.11. The quantitative estimate of drug-likeness (QED) is 0.541. The molecular formula is C21H19N3O3. The Morgan fingerprint density at radius 2 is 1.81 bits per heavy atom. The third-order valence-corrected chi connectivity index (χ3v) is 3.72. The second kappa shape index (κ2) is 8.62. The molecule has 0 bridgehead atoms. The Kier molecular flexibility index (Phi) is 5.79. The lowest BCUT2D eigenvalue weighted by molar-refractivity contribution is -0.141. The Balaban J connectivity index is 1.67. The highest BCUT2D eigenvalue weighted by Gasteiger charge is 2.13. The number of benzene rings is 2. The molecule has 0 atom stereocenters. The minimum absolute atomic E-state index is 0.0989. The fraction of sp³-hybridized carbons (Fsp3) is 0.0952. The number of ether oxygens (including phenoxy) is 1. The maximum absolute atomic E-state index is 12.4. The van der Waals surface area contributed by atoms with E-state index in [4.69, 9.17) is 4.74 Å². The van der Waals surface area contributed by atoms with Gasteiger partial charge in [0, 0.05) is 19.3 Å². The molecule has 6 heteroatoms. The van der Waals surface area contributed by atoms with Crippen molar-refractivity contribution in [2.24, 2.45) is 0 Å². The van der Waals surface area contributed by atoms with Crippen LogP contribution in [0.25, 0.3) is 11.8 Å². The average Bonchev–Trinajstić information content (AvgIpc) is 3.21. The fourth-order valence-corrected chi connectivity index (χ4v) is 2.44. The molecule has 1 amide bonds. The molecule has 1 N–H and O–H groups in total. The summed E-state index contributed by atoms with van der Waals surface area (Å²) in [4.78, 5) is 23.8. The molecule has 0 aliphatic heterocycles. The van der Waals surface area contributed by atoms with Crippen LogP contribution in [0.1, 0.15) is 18.1 Å². The molecule has 1 heterocycles. The molecule has 3 aromatic rings. The van der Waals surface area contributed by atoms with Gasteiger partial charge in [0.25, 0.3) is 0 Å². The Morgan fingerprint density at radius 1 is 1.07 bits per heavy atom. The van der Waals surface area contributed by atoms with E-state index in [-0.39, 0.29) is 18.2 Å². The van der Waals surface area contributed by atoms with Crippen LogP contribution in [-0.4, -0.2) is 21.7 Å². The number of aromatic nitrogens is 2. The van der Waals surface area contributed by atoms with Crippen LogP contribution in [0.3, 0.4) is 0 Å². The average molecular weight is 361 g/mol. The molecule has 0 spiro atoms. The summed E-state index contributed by atoms with van der Waals surface area (Å²) in [5.41, 5.74) is 2.64. The maximum atomic E-state index is 12.4. The van der Waals surface area contributed by atoms with E-state index in [2.05, 4.69) is 10.4 Å². The Hall–Kier alpha value is -3.67. The number of hydrogen-bond donors (Lipinski definition) is 1. The number of nitrogens with zero attached hydrogens (tertiary/aromatic N) is 2. The zero-order chi connectivity index (χ0) is 19.1. The molecule has 136 valence electrons. The van der Waals surface area contributed by atoms with Gasteiger partial charge >= 0.3 is 5.97 Å². The first-order valence-corrected chi connectivity index (χ1v) is 8.42. The van der Waals surface area contributed by atoms with Crippen molar-refractivity contribution in [3.8, 4) is 5.69 Å². The highest BCUT2D eigenvalue weighted by molar-refractivity contribution is 5.97.